The van der Waals surface area contributed by atoms with Gasteiger partial charge in [0, 0.05) is 0 Å². The lowest BCUT2D eigenvalue weighted by molar-refractivity contribution is 0.0655. The normalized spacial score (nSPS) is 27.8. The zero-order valence-corrected chi connectivity index (χ0v) is 9.30. The molecular weight excluding hydrogens is 192 g/mol. The Balaban J connectivity index is 1.79. The van der Waals surface area contributed by atoms with Crippen LogP contribution in [0.5, 0.6) is 0 Å². The minimum atomic E-state index is -0.0256. The van der Waals surface area contributed by atoms with Gasteiger partial charge in [-0.1, -0.05) is 12.8 Å². The first-order valence-electron chi connectivity index (χ1n) is 5.55. The molecule has 1 aliphatic rings. The lowest BCUT2D eigenvalue weighted by Crippen LogP contribution is -2.24. The minimum Gasteiger partial charge on any atom is -0.393 e. The van der Waals surface area contributed by atoms with Crippen LogP contribution in [0.4, 0.5) is 0 Å². The summed E-state index contributed by atoms with van der Waals surface area (Å²) in [6, 6.07) is 2.19. The second kappa shape index (κ2) is 4.94. The van der Waals surface area contributed by atoms with Crippen LogP contribution >= 0.6 is 11.3 Å². The summed E-state index contributed by atoms with van der Waals surface area (Å²) in [5.74, 6) is 0.559. The molecule has 0 aliphatic heterocycles. The van der Waals surface area contributed by atoms with Crippen LogP contribution in [0.25, 0.3) is 0 Å². The highest BCUT2D eigenvalue weighted by Crippen LogP contribution is 2.28. The summed E-state index contributed by atoms with van der Waals surface area (Å²) in [7, 11) is 0. The molecule has 0 aromatic carbocycles. The third-order valence-corrected chi connectivity index (χ3v) is 3.98. The molecule has 0 saturated heterocycles. The average molecular weight is 210 g/mol. The van der Waals surface area contributed by atoms with E-state index in [4.69, 9.17) is 0 Å². The summed E-state index contributed by atoms with van der Waals surface area (Å²) < 4.78 is 0. The molecule has 2 unspecified atom stereocenters. The Hall–Kier alpha value is -0.340. The molecular formula is C12H18OS. The number of hydrogen-bond donors (Lipinski definition) is 1. The first kappa shape index (κ1) is 10.2. The minimum absolute atomic E-state index is 0.0256. The number of aliphatic hydroxyl groups is 1. The highest BCUT2D eigenvalue weighted by atomic mass is 32.1. The summed E-state index contributed by atoms with van der Waals surface area (Å²) in [4.78, 5) is 0. The van der Waals surface area contributed by atoms with E-state index in [0.29, 0.717) is 5.92 Å². The Morgan fingerprint density at radius 3 is 2.93 bits per heavy atom. The fraction of sp³-hybridized carbons (Fsp3) is 0.667. The third kappa shape index (κ3) is 2.58. The van der Waals surface area contributed by atoms with Gasteiger partial charge in [0.1, 0.15) is 0 Å². The van der Waals surface area contributed by atoms with Crippen LogP contribution in [-0.4, -0.2) is 11.2 Å². The number of thiophene rings is 1. The SMILES string of the molecule is OC1CCCCC1CCc1ccsc1. The fourth-order valence-corrected chi connectivity index (χ4v) is 3.01. The van der Waals surface area contributed by atoms with Crippen LogP contribution in [0.1, 0.15) is 37.7 Å². The van der Waals surface area contributed by atoms with Crippen molar-refractivity contribution >= 4 is 11.3 Å². The van der Waals surface area contributed by atoms with E-state index in [2.05, 4.69) is 16.8 Å². The van der Waals surface area contributed by atoms with Crippen LogP contribution < -0.4 is 0 Å². The third-order valence-electron chi connectivity index (χ3n) is 3.25. The van der Waals surface area contributed by atoms with E-state index in [-0.39, 0.29) is 6.10 Å². The predicted octanol–water partition coefficient (Wildman–Crippen LogP) is 3.23. The van der Waals surface area contributed by atoms with Crippen LogP contribution in [-0.2, 0) is 6.42 Å². The molecule has 2 heteroatoms. The van der Waals surface area contributed by atoms with Gasteiger partial charge in [-0.25, -0.2) is 0 Å². The van der Waals surface area contributed by atoms with Crippen molar-refractivity contribution in [2.45, 2.75) is 44.6 Å². The number of aryl methyl sites for hydroxylation is 1. The summed E-state index contributed by atoms with van der Waals surface area (Å²) in [6.07, 6.45) is 7.06. The molecule has 1 aromatic heterocycles. The Morgan fingerprint density at radius 2 is 2.21 bits per heavy atom. The van der Waals surface area contributed by atoms with Crippen LogP contribution in [0.15, 0.2) is 16.8 Å². The molecule has 1 N–H and O–H groups in total. The van der Waals surface area contributed by atoms with E-state index in [0.717, 1.165) is 19.3 Å². The second-order valence-corrected chi connectivity index (χ2v) is 5.06. The molecule has 0 radical (unpaired) electrons. The van der Waals surface area contributed by atoms with Gasteiger partial charge in [0.25, 0.3) is 0 Å². The highest BCUT2D eigenvalue weighted by molar-refractivity contribution is 7.07. The molecule has 1 nitrogen and oxygen atoms in total. The van der Waals surface area contributed by atoms with Gasteiger partial charge in [0.2, 0.25) is 0 Å². The number of rotatable bonds is 3. The van der Waals surface area contributed by atoms with Crippen molar-refractivity contribution < 1.29 is 5.11 Å². The zero-order valence-electron chi connectivity index (χ0n) is 8.48. The van der Waals surface area contributed by atoms with Crippen molar-refractivity contribution in [2.24, 2.45) is 5.92 Å². The molecule has 1 fully saturated rings. The smallest absolute Gasteiger partial charge is 0.0568 e. The van der Waals surface area contributed by atoms with Crippen LogP contribution in [0.2, 0.25) is 0 Å². The van der Waals surface area contributed by atoms with Gasteiger partial charge >= 0.3 is 0 Å². The van der Waals surface area contributed by atoms with Crippen molar-refractivity contribution in [1.82, 2.24) is 0 Å². The molecule has 2 atom stereocenters. The van der Waals surface area contributed by atoms with E-state index in [1.807, 2.05) is 0 Å². The van der Waals surface area contributed by atoms with Gasteiger partial charge in [-0.15, -0.1) is 0 Å². The largest absolute Gasteiger partial charge is 0.393 e. The molecule has 0 amide bonds. The van der Waals surface area contributed by atoms with Gasteiger partial charge in [-0.3, -0.25) is 0 Å². The molecule has 2 rings (SSSR count). The molecule has 0 bridgehead atoms. The predicted molar refractivity (Wildman–Crippen MR) is 60.6 cm³/mol. The first-order valence-corrected chi connectivity index (χ1v) is 6.49. The van der Waals surface area contributed by atoms with Gasteiger partial charge in [-0.2, -0.15) is 11.3 Å². The van der Waals surface area contributed by atoms with Crippen LogP contribution in [0, 0.1) is 5.92 Å². The highest BCUT2D eigenvalue weighted by Gasteiger charge is 2.22. The van der Waals surface area contributed by atoms with Crippen molar-refractivity contribution in [1.29, 1.82) is 0 Å². The molecule has 1 aliphatic carbocycles. The first-order chi connectivity index (χ1) is 6.86. The van der Waals surface area contributed by atoms with Crippen molar-refractivity contribution in [3.63, 3.8) is 0 Å². The van der Waals surface area contributed by atoms with Crippen LogP contribution in [0.3, 0.4) is 0 Å². The maximum Gasteiger partial charge on any atom is 0.0568 e. The summed E-state index contributed by atoms with van der Waals surface area (Å²) in [5.41, 5.74) is 1.44. The Labute approximate surface area is 89.8 Å². The van der Waals surface area contributed by atoms with Crippen molar-refractivity contribution in [3.8, 4) is 0 Å². The summed E-state index contributed by atoms with van der Waals surface area (Å²) in [5, 5.41) is 14.1. The van der Waals surface area contributed by atoms with Gasteiger partial charge < -0.3 is 5.11 Å². The summed E-state index contributed by atoms with van der Waals surface area (Å²) >= 11 is 1.76. The quantitative estimate of drug-likeness (QED) is 0.812. The summed E-state index contributed by atoms with van der Waals surface area (Å²) in [6.45, 7) is 0. The molecule has 14 heavy (non-hydrogen) atoms. The fourth-order valence-electron chi connectivity index (χ4n) is 2.31. The zero-order chi connectivity index (χ0) is 9.80. The number of aliphatic hydroxyl groups excluding tert-OH is 1. The Bertz CT molecular complexity index is 255. The maximum atomic E-state index is 9.80. The second-order valence-electron chi connectivity index (χ2n) is 4.28. The van der Waals surface area contributed by atoms with E-state index < -0.39 is 0 Å². The van der Waals surface area contributed by atoms with Crippen molar-refractivity contribution in [2.75, 3.05) is 0 Å². The lowest BCUT2D eigenvalue weighted by Gasteiger charge is -2.27. The lowest BCUT2D eigenvalue weighted by atomic mass is 9.83. The molecule has 78 valence electrons. The average Bonchev–Trinajstić information content (AvgIpc) is 2.69. The standard InChI is InChI=1S/C12H18OS/c13-12-4-2-1-3-11(12)6-5-10-7-8-14-9-10/h7-9,11-13H,1-6H2. The van der Waals surface area contributed by atoms with E-state index in [1.54, 1.807) is 11.3 Å². The van der Waals surface area contributed by atoms with E-state index in [9.17, 15) is 5.11 Å². The maximum absolute atomic E-state index is 9.80. The molecule has 1 heterocycles. The number of hydrogen-bond acceptors (Lipinski definition) is 2. The van der Waals surface area contributed by atoms with Crippen molar-refractivity contribution in [3.05, 3.63) is 22.4 Å². The Morgan fingerprint density at radius 1 is 1.36 bits per heavy atom. The van der Waals surface area contributed by atoms with E-state index >= 15 is 0 Å². The molecule has 0 spiro atoms. The monoisotopic (exact) mass is 210 g/mol. The topological polar surface area (TPSA) is 20.2 Å². The Kier molecular flexibility index (Phi) is 3.60. The van der Waals surface area contributed by atoms with Gasteiger partial charge in [0.05, 0.1) is 6.10 Å². The molecule has 1 saturated carbocycles. The van der Waals surface area contributed by atoms with Gasteiger partial charge in [-0.05, 0) is 54.0 Å². The molecule has 1 aromatic rings. The van der Waals surface area contributed by atoms with Gasteiger partial charge in [0.15, 0.2) is 0 Å². The van der Waals surface area contributed by atoms with E-state index in [1.165, 1.54) is 24.8 Å².